The predicted octanol–water partition coefficient (Wildman–Crippen LogP) is 2.94. The van der Waals surface area contributed by atoms with Crippen molar-refractivity contribution in [1.82, 2.24) is 4.57 Å². The number of rotatable bonds is 6. The summed E-state index contributed by atoms with van der Waals surface area (Å²) in [5.41, 5.74) is 1.70. The highest BCUT2D eigenvalue weighted by molar-refractivity contribution is 7.16. The third kappa shape index (κ3) is 4.62. The van der Waals surface area contributed by atoms with Gasteiger partial charge in [0, 0.05) is 0 Å². The second kappa shape index (κ2) is 8.64. The molecular formula is C20H20N2O4S. The summed E-state index contributed by atoms with van der Waals surface area (Å²) in [6.45, 7) is 2.06. The average molecular weight is 384 g/mol. The van der Waals surface area contributed by atoms with Crippen LogP contribution in [0.25, 0.3) is 10.2 Å². The number of hydrogen-bond donors (Lipinski definition) is 0. The van der Waals surface area contributed by atoms with Crippen LogP contribution < -0.4 is 9.54 Å². The Labute approximate surface area is 160 Å². The first kappa shape index (κ1) is 18.8. The molecule has 0 unspecified atom stereocenters. The Morgan fingerprint density at radius 1 is 1.15 bits per heavy atom. The Morgan fingerprint density at radius 3 is 2.63 bits per heavy atom. The maximum atomic E-state index is 12.4. The quantitative estimate of drug-likeness (QED) is 0.613. The van der Waals surface area contributed by atoms with Crippen LogP contribution in [0.15, 0.2) is 53.5 Å². The van der Waals surface area contributed by atoms with Gasteiger partial charge in [0.1, 0.15) is 12.3 Å². The zero-order valence-corrected chi connectivity index (χ0v) is 16.0. The predicted molar refractivity (Wildman–Crippen MR) is 104 cm³/mol. The molecule has 0 N–H and O–H groups in total. The van der Waals surface area contributed by atoms with Crippen LogP contribution in [0.5, 0.6) is 5.75 Å². The fourth-order valence-corrected chi connectivity index (χ4v) is 3.75. The van der Waals surface area contributed by atoms with Gasteiger partial charge in [0.15, 0.2) is 4.80 Å². The number of nitrogens with zero attached hydrogens (tertiary/aromatic N) is 2. The largest absolute Gasteiger partial charge is 0.497 e. The molecule has 27 heavy (non-hydrogen) atoms. The van der Waals surface area contributed by atoms with Gasteiger partial charge in [-0.1, -0.05) is 41.7 Å². The number of ether oxygens (including phenoxy) is 2. The van der Waals surface area contributed by atoms with Gasteiger partial charge in [0.25, 0.3) is 5.91 Å². The van der Waals surface area contributed by atoms with Crippen molar-refractivity contribution in [3.63, 3.8) is 0 Å². The number of thiazole rings is 1. The van der Waals surface area contributed by atoms with E-state index in [1.165, 1.54) is 11.3 Å². The van der Waals surface area contributed by atoms with Crippen LogP contribution in [0.3, 0.4) is 0 Å². The van der Waals surface area contributed by atoms with Crippen molar-refractivity contribution < 1.29 is 19.1 Å². The fourth-order valence-electron chi connectivity index (χ4n) is 2.67. The number of methoxy groups -OCH3 is 1. The van der Waals surface area contributed by atoms with E-state index in [4.69, 9.17) is 9.47 Å². The van der Waals surface area contributed by atoms with Crippen LogP contribution in [0.4, 0.5) is 0 Å². The summed E-state index contributed by atoms with van der Waals surface area (Å²) in [5.74, 6) is 0.0662. The number of carbonyl (C=O) groups excluding carboxylic acids is 2. The van der Waals surface area contributed by atoms with Crippen molar-refractivity contribution in [3.05, 3.63) is 58.9 Å². The van der Waals surface area contributed by atoms with E-state index in [2.05, 4.69) is 4.99 Å². The highest BCUT2D eigenvalue weighted by Gasteiger charge is 2.13. The maximum Gasteiger partial charge on any atom is 0.326 e. The van der Waals surface area contributed by atoms with E-state index in [1.807, 2.05) is 48.5 Å². The third-order valence-corrected chi connectivity index (χ3v) is 4.94. The number of hydrogen-bond acceptors (Lipinski definition) is 5. The van der Waals surface area contributed by atoms with Gasteiger partial charge in [0.2, 0.25) is 0 Å². The maximum absolute atomic E-state index is 12.4. The Bertz CT molecular complexity index is 1020. The molecule has 0 aliphatic rings. The van der Waals surface area contributed by atoms with Crippen molar-refractivity contribution >= 4 is 33.4 Å². The normalized spacial score (nSPS) is 11.6. The zero-order valence-electron chi connectivity index (χ0n) is 15.2. The summed E-state index contributed by atoms with van der Waals surface area (Å²) in [6, 6.07) is 15.0. The van der Waals surface area contributed by atoms with Crippen molar-refractivity contribution in [1.29, 1.82) is 0 Å². The van der Waals surface area contributed by atoms with E-state index in [0.29, 0.717) is 17.2 Å². The molecule has 2 aromatic carbocycles. The lowest BCUT2D eigenvalue weighted by molar-refractivity contribution is -0.143. The minimum atomic E-state index is -0.370. The van der Waals surface area contributed by atoms with Crippen LogP contribution in [0, 0.1) is 0 Å². The minimum Gasteiger partial charge on any atom is -0.497 e. The first-order valence-corrected chi connectivity index (χ1v) is 9.37. The Balaban J connectivity index is 2.01. The molecule has 3 rings (SSSR count). The van der Waals surface area contributed by atoms with Crippen LogP contribution >= 0.6 is 11.3 Å². The monoisotopic (exact) mass is 384 g/mol. The molecule has 1 aromatic heterocycles. The van der Waals surface area contributed by atoms with Crippen LogP contribution in [0.2, 0.25) is 0 Å². The van der Waals surface area contributed by atoms with E-state index in [-0.39, 0.29) is 24.8 Å². The molecule has 0 spiro atoms. The minimum absolute atomic E-state index is 0.00236. The van der Waals surface area contributed by atoms with E-state index < -0.39 is 0 Å². The summed E-state index contributed by atoms with van der Waals surface area (Å²) >= 11 is 1.34. The number of fused-ring (bicyclic) bond motifs is 1. The molecule has 3 aromatic rings. The molecule has 0 fully saturated rings. The summed E-state index contributed by atoms with van der Waals surface area (Å²) in [7, 11) is 1.59. The smallest absolute Gasteiger partial charge is 0.326 e. The van der Waals surface area contributed by atoms with Gasteiger partial charge in [0.05, 0.1) is 30.4 Å². The molecule has 7 heteroatoms. The number of amides is 1. The Kier molecular flexibility index (Phi) is 6.03. The van der Waals surface area contributed by atoms with Gasteiger partial charge in [-0.25, -0.2) is 0 Å². The summed E-state index contributed by atoms with van der Waals surface area (Å²) in [6.07, 6.45) is 0.206. The van der Waals surface area contributed by atoms with Gasteiger partial charge in [-0.15, -0.1) is 0 Å². The highest BCUT2D eigenvalue weighted by Crippen LogP contribution is 2.23. The average Bonchev–Trinajstić information content (AvgIpc) is 2.98. The summed E-state index contributed by atoms with van der Waals surface area (Å²) in [4.78, 5) is 29.2. The topological polar surface area (TPSA) is 69.9 Å². The van der Waals surface area contributed by atoms with Gasteiger partial charge in [-0.3, -0.25) is 9.59 Å². The molecule has 1 heterocycles. The van der Waals surface area contributed by atoms with E-state index in [0.717, 1.165) is 15.8 Å². The molecule has 0 aliphatic carbocycles. The number of aromatic nitrogens is 1. The SMILES string of the molecule is CCOC(=O)Cn1c(=NC(=O)Cc2ccccc2)sc2cc(OC)ccc21. The molecule has 1 amide bonds. The summed E-state index contributed by atoms with van der Waals surface area (Å²) in [5, 5.41) is 0. The lowest BCUT2D eigenvalue weighted by Gasteiger charge is -2.05. The van der Waals surface area contributed by atoms with E-state index >= 15 is 0 Å². The van der Waals surface area contributed by atoms with Gasteiger partial charge in [-0.2, -0.15) is 4.99 Å². The number of benzene rings is 2. The second-order valence-electron chi connectivity index (χ2n) is 5.78. The lowest BCUT2D eigenvalue weighted by atomic mass is 10.1. The van der Waals surface area contributed by atoms with Gasteiger partial charge >= 0.3 is 5.97 Å². The van der Waals surface area contributed by atoms with E-state index in [1.54, 1.807) is 18.6 Å². The molecule has 0 saturated heterocycles. The first-order valence-electron chi connectivity index (χ1n) is 8.55. The molecule has 0 saturated carbocycles. The van der Waals surface area contributed by atoms with Crippen LogP contribution in [0.1, 0.15) is 12.5 Å². The molecule has 0 atom stereocenters. The van der Waals surface area contributed by atoms with Crippen LogP contribution in [-0.2, 0) is 27.3 Å². The van der Waals surface area contributed by atoms with Gasteiger partial charge in [-0.05, 0) is 30.7 Å². The molecular weight excluding hydrogens is 364 g/mol. The molecule has 140 valence electrons. The zero-order chi connectivity index (χ0) is 19.2. The Hall–Kier alpha value is -2.93. The van der Waals surface area contributed by atoms with Crippen molar-refractivity contribution in [2.75, 3.05) is 13.7 Å². The van der Waals surface area contributed by atoms with E-state index in [9.17, 15) is 9.59 Å². The highest BCUT2D eigenvalue weighted by atomic mass is 32.1. The molecule has 6 nitrogen and oxygen atoms in total. The third-order valence-electron chi connectivity index (χ3n) is 3.90. The molecule has 0 bridgehead atoms. The lowest BCUT2D eigenvalue weighted by Crippen LogP contribution is -2.23. The molecule has 0 radical (unpaired) electrons. The first-order chi connectivity index (χ1) is 13.1. The standard InChI is InChI=1S/C20H20N2O4S/c1-3-26-19(24)13-22-16-10-9-15(25-2)12-17(16)27-20(22)21-18(23)11-14-7-5-4-6-8-14/h4-10,12H,3,11,13H2,1-2H3. The number of esters is 1. The number of carbonyl (C=O) groups is 2. The second-order valence-corrected chi connectivity index (χ2v) is 6.79. The molecule has 0 aliphatic heterocycles. The summed E-state index contributed by atoms with van der Waals surface area (Å²) < 4.78 is 12.9. The van der Waals surface area contributed by atoms with Crippen LogP contribution in [-0.4, -0.2) is 30.2 Å². The van der Waals surface area contributed by atoms with Crippen molar-refractivity contribution in [2.24, 2.45) is 4.99 Å². The fraction of sp³-hybridized carbons (Fsp3) is 0.250. The van der Waals surface area contributed by atoms with Crippen molar-refractivity contribution in [2.45, 2.75) is 19.9 Å². The van der Waals surface area contributed by atoms with Crippen molar-refractivity contribution in [3.8, 4) is 5.75 Å². The van der Waals surface area contributed by atoms with Gasteiger partial charge < -0.3 is 14.0 Å². The Morgan fingerprint density at radius 2 is 1.93 bits per heavy atom.